The van der Waals surface area contributed by atoms with Crippen LogP contribution in [-0.4, -0.2) is 43.9 Å². The number of carbonyl (C=O) groups excluding carboxylic acids is 1. The van der Waals surface area contributed by atoms with E-state index in [1.54, 1.807) is 0 Å². The summed E-state index contributed by atoms with van der Waals surface area (Å²) in [5, 5.41) is 16.7. The van der Waals surface area contributed by atoms with Crippen LogP contribution >= 0.6 is 0 Å². The van der Waals surface area contributed by atoms with Gasteiger partial charge in [0.15, 0.2) is 0 Å². The molecule has 0 aliphatic carbocycles. The second kappa shape index (κ2) is 9.47. The van der Waals surface area contributed by atoms with E-state index in [2.05, 4.69) is 0 Å². The van der Waals surface area contributed by atoms with E-state index in [-0.39, 0.29) is 57.2 Å². The van der Waals surface area contributed by atoms with Crippen LogP contribution in [0.25, 0.3) is 0 Å². The number of carboxylic acid groups (broad SMARTS) is 2. The summed E-state index contributed by atoms with van der Waals surface area (Å²) in [6.07, 6.45) is -2.33. The molecular weight excluding hydrogens is 203 g/mol. The van der Waals surface area contributed by atoms with Crippen molar-refractivity contribution in [3.63, 3.8) is 0 Å². The van der Waals surface area contributed by atoms with Crippen LogP contribution in [0.4, 0.5) is 4.79 Å². The first-order valence-corrected chi connectivity index (χ1v) is 0.612. The van der Waals surface area contributed by atoms with Crippen molar-refractivity contribution in [2.24, 2.45) is 0 Å². The Morgan fingerprint density at radius 3 is 1.33 bits per heavy atom. The van der Waals surface area contributed by atoms with E-state index >= 15 is 0 Å². The van der Waals surface area contributed by atoms with Gasteiger partial charge in [-0.05, 0) is 6.16 Å². The molecule has 0 aromatic heterocycles. The average molecular weight is 203 g/mol. The first-order valence-electron chi connectivity index (χ1n) is 0.612. The van der Waals surface area contributed by atoms with Gasteiger partial charge in [-0.2, -0.15) is 0 Å². The molecule has 3 nitrogen and oxygen atoms in total. The summed E-state index contributed by atoms with van der Waals surface area (Å²) in [6.45, 7) is 0. The Balaban J connectivity index is -0.0000000450. The molecule has 0 aliphatic rings. The van der Waals surface area contributed by atoms with Crippen molar-refractivity contribution in [2.75, 3.05) is 0 Å². The van der Waals surface area contributed by atoms with Crippen molar-refractivity contribution in [1.82, 2.24) is 0 Å². The Morgan fingerprint density at radius 1 is 1.33 bits per heavy atom. The van der Waals surface area contributed by atoms with E-state index in [1.165, 1.54) is 0 Å². The first kappa shape index (κ1) is 15.7. The van der Waals surface area contributed by atoms with Crippen molar-refractivity contribution in [3.05, 3.63) is 0 Å². The summed E-state index contributed by atoms with van der Waals surface area (Å²) in [6, 6.07) is 0. The molecule has 0 N–H and O–H groups in total. The Labute approximate surface area is 77.5 Å². The molecule has 0 radical (unpaired) electrons. The molecule has 0 aromatic carbocycles. The standard InChI is InChI=1S/CH2O3.Ca.Rh/c2-1(3)4;;/h(H2,2,3,4);;/q;+2;+3/p-2. The van der Waals surface area contributed by atoms with Gasteiger partial charge in [-0.25, -0.2) is 0 Å². The number of rotatable bonds is 0. The molecule has 0 spiro atoms. The third-order valence-corrected chi connectivity index (χ3v) is 0. The van der Waals surface area contributed by atoms with Crippen molar-refractivity contribution in [3.8, 4) is 0 Å². The van der Waals surface area contributed by atoms with Gasteiger partial charge in [-0.3, -0.25) is 0 Å². The molecule has 30 valence electrons. The van der Waals surface area contributed by atoms with Crippen LogP contribution in [-0.2, 0) is 19.5 Å². The SMILES string of the molecule is O=C([O-])[O-].[Ca+2].[Rh+3]. The summed E-state index contributed by atoms with van der Waals surface area (Å²) in [7, 11) is 0. The average Bonchev–Trinajstić information content (AvgIpc) is 0.811. The predicted octanol–water partition coefficient (Wildman–Crippen LogP) is -2.83. The molecule has 0 atom stereocenters. The predicted molar refractivity (Wildman–Crippen MR) is 11.1 cm³/mol. The number of carbonyl (C=O) groups is 1. The minimum atomic E-state index is -2.33. The van der Waals surface area contributed by atoms with Crippen molar-refractivity contribution in [2.45, 2.75) is 0 Å². The van der Waals surface area contributed by atoms with E-state index in [1.807, 2.05) is 0 Å². The maximum absolute atomic E-state index is 8.33. The Bertz CT molecular complexity index is 33.8. The molecule has 0 fully saturated rings. The summed E-state index contributed by atoms with van der Waals surface area (Å²) < 4.78 is 0. The monoisotopic (exact) mass is 203 g/mol. The fraction of sp³-hybridized carbons (Fsp3) is 0. The third kappa shape index (κ3) is 66.8. The van der Waals surface area contributed by atoms with Gasteiger partial charge in [0.25, 0.3) is 0 Å². The minimum absolute atomic E-state index is 0. The van der Waals surface area contributed by atoms with E-state index in [4.69, 9.17) is 15.0 Å². The summed E-state index contributed by atoms with van der Waals surface area (Å²) in [5.74, 6) is 0. The molecule has 0 bridgehead atoms. The van der Waals surface area contributed by atoms with Gasteiger partial charge in [0, 0.05) is 0 Å². The summed E-state index contributed by atoms with van der Waals surface area (Å²) >= 11 is 0. The van der Waals surface area contributed by atoms with Gasteiger partial charge >= 0.3 is 57.2 Å². The quantitative estimate of drug-likeness (QED) is 0.398. The first-order chi connectivity index (χ1) is 1.73. The number of hydrogen-bond donors (Lipinski definition) is 0. The maximum Gasteiger partial charge on any atom is 3.00 e. The number of hydrogen-bond acceptors (Lipinski definition) is 3. The topological polar surface area (TPSA) is 63.2 Å². The van der Waals surface area contributed by atoms with Crippen LogP contribution in [0.5, 0.6) is 0 Å². The molecule has 0 unspecified atom stereocenters. The zero-order valence-corrected chi connectivity index (χ0v) is 6.61. The molecule has 5 heteroatoms. The second-order valence-corrected chi connectivity index (χ2v) is 0.250. The second-order valence-electron chi connectivity index (χ2n) is 0.250. The van der Waals surface area contributed by atoms with Crippen LogP contribution in [0.2, 0.25) is 0 Å². The van der Waals surface area contributed by atoms with Gasteiger partial charge < -0.3 is 15.0 Å². The molecule has 0 heterocycles. The molecule has 0 saturated carbocycles. The summed E-state index contributed by atoms with van der Waals surface area (Å²) in [4.78, 5) is 8.33. The smallest absolute Gasteiger partial charge is 0.652 e. The fourth-order valence-corrected chi connectivity index (χ4v) is 0. The minimum Gasteiger partial charge on any atom is -0.652 e. The maximum atomic E-state index is 8.33. The zero-order chi connectivity index (χ0) is 3.58. The fourth-order valence-electron chi connectivity index (χ4n) is 0. The van der Waals surface area contributed by atoms with Crippen LogP contribution < -0.4 is 10.2 Å². The largest absolute Gasteiger partial charge is 3.00 e. The molecule has 0 aliphatic heterocycles. The third-order valence-electron chi connectivity index (χ3n) is 0. The van der Waals surface area contributed by atoms with Crippen LogP contribution in [0.3, 0.4) is 0 Å². The van der Waals surface area contributed by atoms with Gasteiger partial charge in [-0.15, -0.1) is 0 Å². The van der Waals surface area contributed by atoms with Gasteiger partial charge in [0.2, 0.25) is 0 Å². The molecule has 6 heavy (non-hydrogen) atoms. The Kier molecular flexibility index (Phi) is 24.8. The van der Waals surface area contributed by atoms with Crippen LogP contribution in [0.15, 0.2) is 0 Å². The molecule has 0 aromatic rings. The van der Waals surface area contributed by atoms with Gasteiger partial charge in [0.1, 0.15) is 0 Å². The summed E-state index contributed by atoms with van der Waals surface area (Å²) in [5.41, 5.74) is 0. The molecule has 0 rings (SSSR count). The Hall–Kier alpha value is 1.15. The van der Waals surface area contributed by atoms with E-state index in [9.17, 15) is 0 Å². The van der Waals surface area contributed by atoms with Crippen LogP contribution in [0.1, 0.15) is 0 Å². The molecule has 0 saturated heterocycles. The van der Waals surface area contributed by atoms with E-state index in [0.29, 0.717) is 0 Å². The van der Waals surface area contributed by atoms with Crippen molar-refractivity contribution in [1.29, 1.82) is 0 Å². The van der Waals surface area contributed by atoms with E-state index < -0.39 is 6.16 Å². The zero-order valence-electron chi connectivity index (χ0n) is 2.77. The normalized spacial score (nSPS) is 4.00. The van der Waals surface area contributed by atoms with Gasteiger partial charge in [-0.1, -0.05) is 0 Å². The molecule has 0 amide bonds. The van der Waals surface area contributed by atoms with Gasteiger partial charge in [0.05, 0.1) is 0 Å². The van der Waals surface area contributed by atoms with Crippen molar-refractivity contribution >= 4 is 43.9 Å². The van der Waals surface area contributed by atoms with Crippen molar-refractivity contribution < 1.29 is 34.5 Å². The Morgan fingerprint density at radius 2 is 1.33 bits per heavy atom. The van der Waals surface area contributed by atoms with E-state index in [0.717, 1.165) is 0 Å². The van der Waals surface area contributed by atoms with Crippen LogP contribution in [0, 0.1) is 0 Å². The molecular formula is CCaO3Rh+3.